The van der Waals surface area contributed by atoms with E-state index in [1.54, 1.807) is 0 Å². The summed E-state index contributed by atoms with van der Waals surface area (Å²) in [4.78, 5) is 4.33. The number of unbranched alkanes of at least 4 members (excludes halogenated alkanes) is 1. The highest BCUT2D eigenvalue weighted by atomic mass is 35.5. The van der Waals surface area contributed by atoms with E-state index in [1.807, 2.05) is 24.4 Å². The quantitative estimate of drug-likeness (QED) is 0.715. The Morgan fingerprint density at radius 1 is 1.06 bits per heavy atom. The molecule has 0 fully saturated rings. The fourth-order valence-corrected chi connectivity index (χ4v) is 2.35. The molecule has 2 rings (SSSR count). The molecule has 94 valence electrons. The summed E-state index contributed by atoms with van der Waals surface area (Å²) in [6.07, 6.45) is 6.25. The Kier molecular flexibility index (Phi) is 4.77. The molecule has 0 amide bonds. The average molecular weight is 260 g/mol. The summed E-state index contributed by atoms with van der Waals surface area (Å²) in [5, 5.41) is 0.896. The Morgan fingerprint density at radius 3 is 2.61 bits per heavy atom. The molecule has 0 spiro atoms. The third-order valence-corrected chi connectivity index (χ3v) is 3.42. The van der Waals surface area contributed by atoms with Crippen molar-refractivity contribution in [2.24, 2.45) is 0 Å². The fourth-order valence-electron chi connectivity index (χ4n) is 2.02. The van der Waals surface area contributed by atoms with Crippen LogP contribution in [0.3, 0.4) is 0 Å². The van der Waals surface area contributed by atoms with Crippen LogP contribution >= 0.6 is 11.6 Å². The van der Waals surface area contributed by atoms with Crippen LogP contribution in [0.4, 0.5) is 0 Å². The van der Waals surface area contributed by atoms with Crippen molar-refractivity contribution in [1.29, 1.82) is 0 Å². The highest BCUT2D eigenvalue weighted by Crippen LogP contribution is 2.19. The number of halogens is 1. The van der Waals surface area contributed by atoms with Crippen molar-refractivity contribution in [1.82, 2.24) is 4.98 Å². The summed E-state index contributed by atoms with van der Waals surface area (Å²) in [6, 6.07) is 12.4. The second-order valence-corrected chi connectivity index (χ2v) is 5.03. The van der Waals surface area contributed by atoms with Crippen molar-refractivity contribution in [2.75, 3.05) is 0 Å². The lowest BCUT2D eigenvalue weighted by atomic mass is 10.0. The van der Waals surface area contributed by atoms with Crippen molar-refractivity contribution < 1.29 is 0 Å². The van der Waals surface area contributed by atoms with Gasteiger partial charge in [-0.25, -0.2) is 0 Å². The zero-order valence-corrected chi connectivity index (χ0v) is 11.5. The number of hydrogen-bond donors (Lipinski definition) is 0. The SMILES string of the molecule is Cc1ccc(CCCCc2ccccn2)c(Cl)c1. The summed E-state index contributed by atoms with van der Waals surface area (Å²) >= 11 is 6.21. The molecule has 2 heteroatoms. The summed E-state index contributed by atoms with van der Waals surface area (Å²) < 4.78 is 0. The molecular formula is C16H18ClN. The number of hydrogen-bond acceptors (Lipinski definition) is 1. The molecule has 1 aromatic carbocycles. The molecule has 0 aliphatic rings. The van der Waals surface area contributed by atoms with Gasteiger partial charge in [-0.3, -0.25) is 4.98 Å². The maximum atomic E-state index is 6.21. The molecule has 0 saturated heterocycles. The third-order valence-electron chi connectivity index (χ3n) is 3.06. The lowest BCUT2D eigenvalue weighted by Gasteiger charge is -2.05. The normalized spacial score (nSPS) is 10.6. The standard InChI is InChI=1S/C16H18ClN/c1-13-9-10-14(16(17)12-13)6-2-3-7-15-8-4-5-11-18-15/h4-5,8-12H,2-3,6-7H2,1H3. The topological polar surface area (TPSA) is 12.9 Å². The molecule has 2 aromatic rings. The van der Waals surface area contributed by atoms with E-state index in [0.29, 0.717) is 0 Å². The number of benzene rings is 1. The van der Waals surface area contributed by atoms with Gasteiger partial charge in [-0.05, 0) is 61.9 Å². The second-order valence-electron chi connectivity index (χ2n) is 4.62. The van der Waals surface area contributed by atoms with Crippen molar-refractivity contribution in [2.45, 2.75) is 32.6 Å². The first-order chi connectivity index (χ1) is 8.75. The van der Waals surface area contributed by atoms with Gasteiger partial charge in [0.15, 0.2) is 0 Å². The molecule has 0 unspecified atom stereocenters. The minimum Gasteiger partial charge on any atom is -0.261 e. The molecular weight excluding hydrogens is 242 g/mol. The van der Waals surface area contributed by atoms with E-state index in [-0.39, 0.29) is 0 Å². The zero-order valence-electron chi connectivity index (χ0n) is 10.7. The molecule has 18 heavy (non-hydrogen) atoms. The van der Waals surface area contributed by atoms with Crippen LogP contribution in [0, 0.1) is 6.92 Å². The van der Waals surface area contributed by atoms with Crippen molar-refractivity contribution in [3.05, 3.63) is 64.4 Å². The monoisotopic (exact) mass is 259 g/mol. The molecule has 0 atom stereocenters. The van der Waals surface area contributed by atoms with Crippen LogP contribution in [0.2, 0.25) is 5.02 Å². The maximum absolute atomic E-state index is 6.21. The number of aryl methyl sites for hydroxylation is 3. The highest BCUT2D eigenvalue weighted by molar-refractivity contribution is 6.31. The summed E-state index contributed by atoms with van der Waals surface area (Å²) in [7, 11) is 0. The van der Waals surface area contributed by atoms with Crippen LogP contribution in [0.5, 0.6) is 0 Å². The smallest absolute Gasteiger partial charge is 0.0440 e. The Bertz CT molecular complexity index is 494. The third kappa shape index (κ3) is 3.85. The molecule has 1 heterocycles. The molecule has 0 N–H and O–H groups in total. The van der Waals surface area contributed by atoms with Gasteiger partial charge in [0.1, 0.15) is 0 Å². The van der Waals surface area contributed by atoms with Gasteiger partial charge < -0.3 is 0 Å². The Balaban J connectivity index is 1.79. The molecule has 0 aliphatic heterocycles. The van der Waals surface area contributed by atoms with E-state index < -0.39 is 0 Å². The minimum absolute atomic E-state index is 0.896. The van der Waals surface area contributed by atoms with Gasteiger partial charge in [0.05, 0.1) is 0 Å². The van der Waals surface area contributed by atoms with Crippen LogP contribution in [-0.2, 0) is 12.8 Å². The molecule has 0 bridgehead atoms. The van der Waals surface area contributed by atoms with Gasteiger partial charge in [0, 0.05) is 16.9 Å². The van der Waals surface area contributed by atoms with E-state index >= 15 is 0 Å². The first-order valence-corrected chi connectivity index (χ1v) is 6.78. The van der Waals surface area contributed by atoms with Crippen LogP contribution in [-0.4, -0.2) is 4.98 Å². The first-order valence-electron chi connectivity index (χ1n) is 6.40. The van der Waals surface area contributed by atoms with Crippen molar-refractivity contribution in [3.8, 4) is 0 Å². The highest BCUT2D eigenvalue weighted by Gasteiger charge is 2.01. The van der Waals surface area contributed by atoms with Gasteiger partial charge in [0.2, 0.25) is 0 Å². The van der Waals surface area contributed by atoms with Crippen molar-refractivity contribution in [3.63, 3.8) is 0 Å². The van der Waals surface area contributed by atoms with Gasteiger partial charge in [-0.2, -0.15) is 0 Å². The molecule has 1 aromatic heterocycles. The first kappa shape index (κ1) is 13.1. The van der Waals surface area contributed by atoms with E-state index in [2.05, 4.69) is 30.1 Å². The van der Waals surface area contributed by atoms with Crippen LogP contribution in [0.15, 0.2) is 42.6 Å². The van der Waals surface area contributed by atoms with E-state index in [4.69, 9.17) is 11.6 Å². The average Bonchev–Trinajstić information content (AvgIpc) is 2.38. The molecule has 1 nitrogen and oxygen atoms in total. The number of pyridine rings is 1. The number of nitrogens with zero attached hydrogens (tertiary/aromatic N) is 1. The summed E-state index contributed by atoms with van der Waals surface area (Å²) in [5.74, 6) is 0. The largest absolute Gasteiger partial charge is 0.261 e. The zero-order chi connectivity index (χ0) is 12.8. The predicted molar refractivity (Wildman–Crippen MR) is 77.1 cm³/mol. The van der Waals surface area contributed by atoms with Gasteiger partial charge in [-0.15, -0.1) is 0 Å². The minimum atomic E-state index is 0.896. The summed E-state index contributed by atoms with van der Waals surface area (Å²) in [6.45, 7) is 2.07. The second kappa shape index (κ2) is 6.55. The Morgan fingerprint density at radius 2 is 1.89 bits per heavy atom. The Hall–Kier alpha value is -1.34. The summed E-state index contributed by atoms with van der Waals surface area (Å²) in [5.41, 5.74) is 3.65. The molecule has 0 aliphatic carbocycles. The van der Waals surface area contributed by atoms with Gasteiger partial charge >= 0.3 is 0 Å². The number of aromatic nitrogens is 1. The van der Waals surface area contributed by atoms with Gasteiger partial charge in [0.25, 0.3) is 0 Å². The van der Waals surface area contributed by atoms with Crippen LogP contribution in [0.25, 0.3) is 0 Å². The van der Waals surface area contributed by atoms with E-state index in [1.165, 1.54) is 16.8 Å². The number of rotatable bonds is 5. The van der Waals surface area contributed by atoms with Gasteiger partial charge in [-0.1, -0.05) is 29.8 Å². The van der Waals surface area contributed by atoms with Crippen molar-refractivity contribution >= 4 is 11.6 Å². The lowest BCUT2D eigenvalue weighted by molar-refractivity contribution is 0.723. The van der Waals surface area contributed by atoms with E-state index in [0.717, 1.165) is 30.7 Å². The molecule has 0 radical (unpaired) electrons. The Labute approximate surface area is 114 Å². The fraction of sp³-hybridized carbons (Fsp3) is 0.312. The lowest BCUT2D eigenvalue weighted by Crippen LogP contribution is -1.92. The maximum Gasteiger partial charge on any atom is 0.0440 e. The van der Waals surface area contributed by atoms with Crippen LogP contribution < -0.4 is 0 Å². The van der Waals surface area contributed by atoms with Crippen LogP contribution in [0.1, 0.15) is 29.7 Å². The predicted octanol–water partition coefficient (Wildman–Crippen LogP) is 4.61. The van der Waals surface area contributed by atoms with E-state index in [9.17, 15) is 0 Å². The molecule has 0 saturated carbocycles.